The van der Waals surface area contributed by atoms with Crippen LogP contribution in [0.1, 0.15) is 11.1 Å². The second-order valence-electron chi connectivity index (χ2n) is 10.1. The van der Waals surface area contributed by atoms with E-state index in [0.717, 1.165) is 6.42 Å². The van der Waals surface area contributed by atoms with Gasteiger partial charge in [0, 0.05) is 21.5 Å². The van der Waals surface area contributed by atoms with E-state index in [0.29, 0.717) is 0 Å². The highest BCUT2D eigenvalue weighted by Crippen LogP contribution is 2.47. The number of para-hydroxylation sites is 2. The van der Waals surface area contributed by atoms with Crippen molar-refractivity contribution in [3.05, 3.63) is 126 Å². The van der Waals surface area contributed by atoms with Crippen LogP contribution in [-0.2, 0) is 6.42 Å². The Morgan fingerprint density at radius 2 is 1.25 bits per heavy atom. The van der Waals surface area contributed by atoms with E-state index in [9.17, 15) is 0 Å². The van der Waals surface area contributed by atoms with Gasteiger partial charge < -0.3 is 4.40 Å². The molecule has 0 saturated carbocycles. The molecular formula is C35H21N. The van der Waals surface area contributed by atoms with E-state index < -0.39 is 0 Å². The molecule has 1 aliphatic rings. The summed E-state index contributed by atoms with van der Waals surface area (Å²) in [5.74, 6) is 0. The minimum atomic E-state index is 1.02. The number of fused-ring (bicyclic) bond motifs is 10. The first-order chi connectivity index (χ1) is 17.9. The summed E-state index contributed by atoms with van der Waals surface area (Å²) in [7, 11) is 0. The van der Waals surface area contributed by atoms with Crippen molar-refractivity contribution in [3.8, 4) is 22.3 Å². The van der Waals surface area contributed by atoms with Crippen molar-refractivity contribution in [2.24, 2.45) is 0 Å². The van der Waals surface area contributed by atoms with Gasteiger partial charge in [-0.2, -0.15) is 0 Å². The van der Waals surface area contributed by atoms with Gasteiger partial charge in [-0.1, -0.05) is 97.1 Å². The van der Waals surface area contributed by atoms with Crippen molar-refractivity contribution in [1.29, 1.82) is 0 Å². The van der Waals surface area contributed by atoms with E-state index >= 15 is 0 Å². The summed E-state index contributed by atoms with van der Waals surface area (Å²) in [6, 6.07) is 42.9. The fourth-order valence-electron chi connectivity index (χ4n) is 6.83. The lowest BCUT2D eigenvalue weighted by molar-refractivity contribution is 1.26. The quantitative estimate of drug-likeness (QED) is 0.232. The molecule has 36 heavy (non-hydrogen) atoms. The number of benzene rings is 6. The molecule has 0 saturated heterocycles. The average Bonchev–Trinajstić information content (AvgIpc) is 3.58. The summed E-state index contributed by atoms with van der Waals surface area (Å²) < 4.78 is 2.49. The van der Waals surface area contributed by atoms with Crippen molar-refractivity contribution in [2.75, 3.05) is 0 Å². The Bertz CT molecular complexity index is 2180. The summed E-state index contributed by atoms with van der Waals surface area (Å²) in [4.78, 5) is 0. The minimum Gasteiger partial charge on any atom is -0.308 e. The fraction of sp³-hybridized carbons (Fsp3) is 0.0286. The van der Waals surface area contributed by atoms with E-state index in [-0.39, 0.29) is 0 Å². The summed E-state index contributed by atoms with van der Waals surface area (Å²) in [6.07, 6.45) is 1.02. The van der Waals surface area contributed by atoms with Crippen LogP contribution in [0.15, 0.2) is 115 Å². The molecule has 1 nitrogen and oxygen atoms in total. The molecule has 6 aromatic carbocycles. The molecule has 0 amide bonds. The number of nitrogens with zero attached hydrogens (tertiary/aromatic N) is 1. The first-order valence-electron chi connectivity index (χ1n) is 12.7. The Morgan fingerprint density at radius 3 is 2.22 bits per heavy atom. The third kappa shape index (κ3) is 2.21. The molecule has 8 aromatic rings. The van der Waals surface area contributed by atoms with Crippen LogP contribution in [-0.4, -0.2) is 4.40 Å². The standard InChI is InChI=1S/C35H21N/c1-3-10-25-21(8-1)18-23-16-17-24(19-30(23)25)33-26-11-4-2-9-22(26)20-32-34(33)29-14-7-13-28-27-12-5-6-15-31(27)36(32)35(28)29/h1-17,19-20H,18H2. The largest absolute Gasteiger partial charge is 0.308 e. The number of hydrogen-bond acceptors (Lipinski definition) is 0. The first kappa shape index (κ1) is 18.7. The van der Waals surface area contributed by atoms with Gasteiger partial charge in [-0.05, 0) is 68.8 Å². The van der Waals surface area contributed by atoms with Gasteiger partial charge in [-0.15, -0.1) is 0 Å². The van der Waals surface area contributed by atoms with Crippen LogP contribution in [0.5, 0.6) is 0 Å². The molecule has 0 bridgehead atoms. The Balaban J connectivity index is 1.49. The van der Waals surface area contributed by atoms with Gasteiger partial charge in [-0.3, -0.25) is 0 Å². The SMILES string of the molecule is c1ccc2c(c1)Cc1ccc(-c3c4ccccc4cc4c3c3cccc5c6ccccc6n4c53)cc1-2. The predicted molar refractivity (Wildman–Crippen MR) is 152 cm³/mol. The molecule has 0 radical (unpaired) electrons. The van der Waals surface area contributed by atoms with Crippen LogP contribution in [0, 0.1) is 0 Å². The Labute approximate surface area is 208 Å². The van der Waals surface area contributed by atoms with Crippen LogP contribution in [0.4, 0.5) is 0 Å². The monoisotopic (exact) mass is 455 g/mol. The smallest absolute Gasteiger partial charge is 0.0620 e. The number of aromatic nitrogens is 1. The highest BCUT2D eigenvalue weighted by atomic mass is 14.9. The van der Waals surface area contributed by atoms with E-state index in [2.05, 4.69) is 120 Å². The zero-order valence-corrected chi connectivity index (χ0v) is 19.6. The molecule has 0 spiro atoms. The molecule has 2 heterocycles. The molecular weight excluding hydrogens is 434 g/mol. The van der Waals surface area contributed by atoms with Crippen LogP contribution in [0.25, 0.3) is 71.1 Å². The van der Waals surface area contributed by atoms with Gasteiger partial charge in [0.25, 0.3) is 0 Å². The Kier molecular flexibility index (Phi) is 3.39. The highest BCUT2D eigenvalue weighted by Gasteiger charge is 2.23. The summed E-state index contributed by atoms with van der Waals surface area (Å²) in [5, 5.41) is 7.94. The van der Waals surface area contributed by atoms with Crippen molar-refractivity contribution in [1.82, 2.24) is 4.40 Å². The third-order valence-electron chi connectivity index (χ3n) is 8.32. The van der Waals surface area contributed by atoms with Crippen molar-refractivity contribution < 1.29 is 0 Å². The highest BCUT2D eigenvalue weighted by molar-refractivity contribution is 6.29. The lowest BCUT2D eigenvalue weighted by atomic mass is 9.91. The maximum Gasteiger partial charge on any atom is 0.0620 e. The summed E-state index contributed by atoms with van der Waals surface area (Å²) in [6.45, 7) is 0. The van der Waals surface area contributed by atoms with Crippen LogP contribution < -0.4 is 0 Å². The number of hydrogen-bond donors (Lipinski definition) is 0. The van der Waals surface area contributed by atoms with E-state index in [1.807, 2.05) is 0 Å². The van der Waals surface area contributed by atoms with Gasteiger partial charge in [0.05, 0.1) is 16.6 Å². The van der Waals surface area contributed by atoms with Crippen LogP contribution >= 0.6 is 0 Å². The van der Waals surface area contributed by atoms with Crippen molar-refractivity contribution in [3.63, 3.8) is 0 Å². The topological polar surface area (TPSA) is 4.41 Å². The van der Waals surface area contributed by atoms with Gasteiger partial charge in [0.1, 0.15) is 0 Å². The van der Waals surface area contributed by atoms with E-state index in [1.54, 1.807) is 0 Å². The van der Waals surface area contributed by atoms with Gasteiger partial charge >= 0.3 is 0 Å². The maximum absolute atomic E-state index is 2.49. The van der Waals surface area contributed by atoms with E-state index in [1.165, 1.54) is 82.2 Å². The van der Waals surface area contributed by atoms with Crippen molar-refractivity contribution in [2.45, 2.75) is 6.42 Å². The molecule has 9 rings (SSSR count). The lowest BCUT2D eigenvalue weighted by Crippen LogP contribution is -1.88. The van der Waals surface area contributed by atoms with Crippen LogP contribution in [0.3, 0.4) is 0 Å². The molecule has 0 aliphatic heterocycles. The molecule has 2 aromatic heterocycles. The normalized spacial score (nSPS) is 12.9. The average molecular weight is 456 g/mol. The second kappa shape index (κ2) is 6.53. The lowest BCUT2D eigenvalue weighted by Gasteiger charge is -2.13. The molecule has 0 atom stereocenters. The van der Waals surface area contributed by atoms with Gasteiger partial charge in [0.15, 0.2) is 0 Å². The molecule has 1 heteroatoms. The molecule has 0 fully saturated rings. The third-order valence-corrected chi connectivity index (χ3v) is 8.32. The predicted octanol–water partition coefficient (Wildman–Crippen LogP) is 9.23. The molecule has 1 aliphatic carbocycles. The zero-order valence-electron chi connectivity index (χ0n) is 19.6. The summed E-state index contributed by atoms with van der Waals surface area (Å²) in [5.41, 5.74) is 12.2. The minimum absolute atomic E-state index is 1.02. The Morgan fingerprint density at radius 1 is 0.500 bits per heavy atom. The summed E-state index contributed by atoms with van der Waals surface area (Å²) >= 11 is 0. The van der Waals surface area contributed by atoms with Crippen LogP contribution in [0.2, 0.25) is 0 Å². The second-order valence-corrected chi connectivity index (χ2v) is 10.1. The van der Waals surface area contributed by atoms with Gasteiger partial charge in [-0.25, -0.2) is 0 Å². The molecule has 166 valence electrons. The molecule has 0 unspecified atom stereocenters. The Hall–Kier alpha value is -4.62. The first-order valence-corrected chi connectivity index (χ1v) is 12.7. The van der Waals surface area contributed by atoms with Crippen molar-refractivity contribution >= 4 is 48.9 Å². The zero-order chi connectivity index (χ0) is 23.4. The maximum atomic E-state index is 2.49. The fourth-order valence-corrected chi connectivity index (χ4v) is 6.83. The number of rotatable bonds is 1. The molecule has 0 N–H and O–H groups in total. The van der Waals surface area contributed by atoms with Gasteiger partial charge in [0.2, 0.25) is 0 Å². The van der Waals surface area contributed by atoms with E-state index in [4.69, 9.17) is 0 Å².